The second kappa shape index (κ2) is 32.5. The topological polar surface area (TPSA) is 299 Å². The largest absolute Gasteiger partial charge is 0.368 e. The maximum atomic E-state index is 14.3. The number of unbranched alkanes of at least 4 members (excludes halogenated alkanes) is 6. The van der Waals surface area contributed by atoms with E-state index in [0.717, 1.165) is 78.6 Å². The first-order valence-electron chi connectivity index (χ1n) is 30.4. The van der Waals surface area contributed by atoms with Crippen LogP contribution in [-0.4, -0.2) is 159 Å². The highest BCUT2D eigenvalue weighted by molar-refractivity contribution is 9.10. The summed E-state index contributed by atoms with van der Waals surface area (Å²) in [5.74, 6) is -20.3. The van der Waals surface area contributed by atoms with Gasteiger partial charge in [0, 0.05) is 75.1 Å². The lowest BCUT2D eigenvalue weighted by Crippen LogP contribution is -2.56. The van der Waals surface area contributed by atoms with Crippen LogP contribution in [-0.2, 0) is 22.6 Å². The Balaban J connectivity index is 0.000000188. The quantitative estimate of drug-likeness (QED) is 0.00313. The minimum Gasteiger partial charge on any atom is -0.368 e. The molecule has 2 saturated carbocycles. The fourth-order valence-corrected chi connectivity index (χ4v) is 15.4. The monoisotopic (exact) mass is 1530 g/mol. The zero-order valence-electron chi connectivity index (χ0n) is 51.1. The number of amides is 7. The summed E-state index contributed by atoms with van der Waals surface area (Å²) in [6.07, 6.45) is 17.8. The van der Waals surface area contributed by atoms with Crippen LogP contribution in [0.5, 0.6) is 0 Å². The van der Waals surface area contributed by atoms with Gasteiger partial charge in [0.05, 0.1) is 61.6 Å². The molecule has 7 amide bonds. The summed E-state index contributed by atoms with van der Waals surface area (Å²) in [7, 11) is 0. The van der Waals surface area contributed by atoms with Crippen LogP contribution in [0.1, 0.15) is 130 Å². The molecule has 5 aromatic rings. The first-order valence-corrected chi connectivity index (χ1v) is 34.4. The van der Waals surface area contributed by atoms with E-state index in [1.54, 1.807) is 28.8 Å². The lowest BCUT2D eigenvalue weighted by atomic mass is 10.0. The van der Waals surface area contributed by atoms with Crippen LogP contribution in [0.3, 0.4) is 0 Å². The third-order valence-corrected chi connectivity index (χ3v) is 20.4. The second-order valence-corrected chi connectivity index (χ2v) is 27.0. The van der Waals surface area contributed by atoms with Crippen molar-refractivity contribution in [2.45, 2.75) is 156 Å². The zero-order chi connectivity index (χ0) is 69.5. The highest BCUT2D eigenvalue weighted by Gasteiger charge is 2.66. The SMILES string of the molecule is C.C#CCNC(=O)CCSc1c(F)c(F)c(-c2c(F)c(F)c(F)c(F)c2F)c(F)c1F.CSCCC(=O)CCc1cn(CCCCCCN2C(=O)N[C@H]3[C@@H]4NC(=O)c5ccc(Br)n5[C@@H]4C[C@]32O)nn1.[N-]=[N+]=NCCCCCCN1C(=O)N[C@H]2[C@@H]3NC(=O)c4ccc(Br)n4[C@@H]3C[C@]21O. The number of hydrogen-bond acceptors (Lipinski definition) is 13. The Labute approximate surface area is 575 Å². The number of hydrogen-bond donors (Lipinski definition) is 7. The van der Waals surface area contributed by atoms with Crippen molar-refractivity contribution >= 4 is 91.0 Å². The lowest BCUT2D eigenvalue weighted by molar-refractivity contribution is -0.120. The van der Waals surface area contributed by atoms with E-state index in [-0.39, 0.29) is 91.7 Å². The molecule has 97 heavy (non-hydrogen) atoms. The molecule has 524 valence electrons. The van der Waals surface area contributed by atoms with Crippen LogP contribution < -0.4 is 26.6 Å². The van der Waals surface area contributed by atoms with E-state index in [1.165, 1.54) is 4.90 Å². The first-order chi connectivity index (χ1) is 45.8. The van der Waals surface area contributed by atoms with E-state index in [9.17, 15) is 78.5 Å². The first kappa shape index (κ1) is 75.4. The van der Waals surface area contributed by atoms with Crippen molar-refractivity contribution in [3.63, 3.8) is 0 Å². The van der Waals surface area contributed by atoms with Crippen LogP contribution in [0, 0.1) is 64.7 Å². The standard InChI is InChI=1S/C25H34BrN7O4S.C18H8F9NOS.C17H22BrN7O3.CH4/c1-38-13-10-17(34)7-6-16-15-31(30-29-16)11-4-2-3-5-12-32-24(36)28-22-21-19(14-25(22,32)37)33-18(23(35)27-21)8-9-20(33)26;1-2-4-28-6(29)3-5-30-18-16(26)11(21)8(12(22)17(18)27)7-9(19)13(23)15(25)14(24)10(7)20;18-12-6-5-10-15(26)21-13-11(25(10)12)9-17(28)14(13)22-16(27)24(17)8-4-2-1-3-7-20-23-19;/h8-9,15,19,21-22,37H,2-7,10-14H2,1H3,(H,27,35)(H,28,36);1H,3-5H2,(H,28,29);5-6,11,13-14,28H,1-4,7-9H2,(H,21,26)(H,22,27);1H4/t19-,21-,22+,25+;;11-,13-,14+,17+;/m1.1./s1. The Morgan fingerprint density at radius 3 is 1.65 bits per heavy atom. The molecule has 4 fully saturated rings. The van der Waals surface area contributed by atoms with Gasteiger partial charge in [0.2, 0.25) is 11.7 Å². The smallest absolute Gasteiger partial charge is 0.320 e. The van der Waals surface area contributed by atoms with Gasteiger partial charge in [0.25, 0.3) is 11.8 Å². The molecule has 8 atom stereocenters. The Morgan fingerprint density at radius 1 is 0.691 bits per heavy atom. The predicted molar refractivity (Wildman–Crippen MR) is 345 cm³/mol. The molecule has 3 aromatic heterocycles. The Kier molecular flexibility index (Phi) is 25.3. The number of thioether (sulfide) groups is 2. The van der Waals surface area contributed by atoms with Gasteiger partial charge in [-0.05, 0) is 106 Å². The zero-order valence-corrected chi connectivity index (χ0v) is 55.9. The summed E-state index contributed by atoms with van der Waals surface area (Å²) in [5, 5.41) is 48.9. The molecule has 4 aliphatic heterocycles. The van der Waals surface area contributed by atoms with Gasteiger partial charge in [0.1, 0.15) is 29.3 Å². The van der Waals surface area contributed by atoms with E-state index < -0.39 is 97.8 Å². The number of urea groups is 2. The summed E-state index contributed by atoms with van der Waals surface area (Å²) in [6.45, 7) is 1.98. The number of rotatable bonds is 26. The lowest BCUT2D eigenvalue weighted by Gasteiger charge is -2.32. The number of nitrogens with one attached hydrogen (secondary N) is 5. The van der Waals surface area contributed by atoms with Gasteiger partial charge in [-0.2, -0.15) is 11.8 Å². The summed E-state index contributed by atoms with van der Waals surface area (Å²) >= 11 is 8.84. The number of Topliss-reactive ketones (excluding diaryl/α,β-unsaturated/α-hetero) is 1. The maximum absolute atomic E-state index is 14.3. The van der Waals surface area contributed by atoms with E-state index in [1.807, 2.05) is 38.4 Å². The number of azide groups is 1. The minimum atomic E-state index is -2.64. The molecular formula is C61H68Br2F9N15O8S2. The van der Waals surface area contributed by atoms with Crippen molar-refractivity contribution in [1.82, 2.24) is 60.5 Å². The molecule has 23 nitrogen and oxygen atoms in total. The second-order valence-electron chi connectivity index (χ2n) is 23.3. The number of carbonyl (C=O) groups excluding carboxylic acids is 6. The van der Waals surface area contributed by atoms with Crippen LogP contribution in [0.2, 0.25) is 0 Å². The van der Waals surface area contributed by atoms with E-state index in [4.69, 9.17) is 12.0 Å². The van der Waals surface area contributed by atoms with Crippen LogP contribution >= 0.6 is 55.4 Å². The normalized spacial score (nSPS) is 22.1. The van der Waals surface area contributed by atoms with Gasteiger partial charge < -0.3 is 45.9 Å². The molecule has 0 bridgehead atoms. The molecule has 7 heterocycles. The van der Waals surface area contributed by atoms with Crippen LogP contribution in [0.4, 0.5) is 49.1 Å². The third kappa shape index (κ3) is 15.6. The molecule has 0 unspecified atom stereocenters. The molecule has 0 radical (unpaired) electrons. The number of benzene rings is 2. The van der Waals surface area contributed by atoms with E-state index >= 15 is 0 Å². The van der Waals surface area contributed by atoms with Crippen LogP contribution in [0.15, 0.2) is 49.7 Å². The molecule has 0 spiro atoms. The van der Waals surface area contributed by atoms with Gasteiger partial charge in [-0.15, -0.1) is 23.3 Å². The number of fused-ring (bicyclic) bond motifs is 10. The number of halogens is 11. The third-order valence-electron chi connectivity index (χ3n) is 17.5. The molecule has 2 aromatic carbocycles. The number of aliphatic hydroxyl groups is 2. The average molecular weight is 1530 g/mol. The molecule has 11 rings (SSSR count). The Hall–Kier alpha value is -7.42. The molecule has 36 heteroatoms. The van der Waals surface area contributed by atoms with Crippen LogP contribution in [0.25, 0.3) is 21.6 Å². The summed E-state index contributed by atoms with van der Waals surface area (Å²) in [4.78, 5) is 77.9. The summed E-state index contributed by atoms with van der Waals surface area (Å²) in [6, 6.07) is 4.43. The van der Waals surface area contributed by atoms with Gasteiger partial charge in [-0.1, -0.05) is 49.4 Å². The molecule has 6 aliphatic rings. The maximum Gasteiger partial charge on any atom is 0.320 e. The minimum absolute atomic E-state index is 0. The fourth-order valence-electron chi connectivity index (χ4n) is 12.9. The van der Waals surface area contributed by atoms with Gasteiger partial charge in [0.15, 0.2) is 58.0 Å². The average Bonchev–Trinajstić information content (AvgIpc) is 1.58. The Bertz CT molecular complexity index is 3860. The molecule has 2 aliphatic carbocycles. The van der Waals surface area contributed by atoms with E-state index in [0.29, 0.717) is 63.1 Å². The molecule has 2 saturated heterocycles. The highest BCUT2D eigenvalue weighted by Crippen LogP contribution is 2.49. The number of aromatic nitrogens is 5. The number of carbonyl (C=O) groups is 6. The predicted octanol–water partition coefficient (Wildman–Crippen LogP) is 10.2. The van der Waals surface area contributed by atoms with Gasteiger partial charge in [-0.25, -0.2) is 49.1 Å². The molecule has 7 N–H and O–H groups in total. The Morgan fingerprint density at radius 2 is 1.16 bits per heavy atom. The highest BCUT2D eigenvalue weighted by atomic mass is 79.9. The van der Waals surface area contributed by atoms with Gasteiger partial charge in [-0.3, -0.25) is 33.7 Å². The number of aryl methyl sites for hydroxylation is 2. The van der Waals surface area contributed by atoms with Crippen molar-refractivity contribution in [3.8, 4) is 23.5 Å². The number of terminal acetylenes is 1. The number of nitrogens with zero attached hydrogens (tertiary/aromatic N) is 10. The number of ketones is 1. The van der Waals surface area contributed by atoms with Gasteiger partial charge >= 0.3 is 12.1 Å². The van der Waals surface area contributed by atoms with Crippen molar-refractivity contribution in [2.24, 2.45) is 5.11 Å². The van der Waals surface area contributed by atoms with Crippen molar-refractivity contribution < 1.29 is 78.5 Å². The van der Waals surface area contributed by atoms with Crippen molar-refractivity contribution in [3.05, 3.63) is 120 Å². The summed E-state index contributed by atoms with van der Waals surface area (Å²) < 4.78 is 132. The van der Waals surface area contributed by atoms with Crippen molar-refractivity contribution in [2.75, 3.05) is 43.9 Å². The van der Waals surface area contributed by atoms with Crippen molar-refractivity contribution in [1.29, 1.82) is 0 Å². The molecular weight excluding hydrogens is 1470 g/mol. The summed E-state index contributed by atoms with van der Waals surface area (Å²) in [5.41, 5.74) is 3.27. The van der Waals surface area contributed by atoms with E-state index in [2.05, 4.69) is 84.7 Å². The fraction of sp³-hybridized carbons (Fsp3) is 0.508.